The summed E-state index contributed by atoms with van der Waals surface area (Å²) in [6.45, 7) is 6.35. The minimum absolute atomic E-state index is 0.0124. The number of piperidine rings is 1. The van der Waals surface area contributed by atoms with Gasteiger partial charge < -0.3 is 10.1 Å². The molecule has 1 amide bonds. The number of carbonyl (C=O) groups excluding carboxylic acids is 2. The van der Waals surface area contributed by atoms with Crippen LogP contribution in [-0.4, -0.2) is 44.3 Å². The average molecular weight is 493 g/mol. The Kier molecular flexibility index (Phi) is 8.15. The van der Waals surface area contributed by atoms with Crippen LogP contribution in [0.1, 0.15) is 55.5 Å². The van der Waals surface area contributed by atoms with E-state index in [2.05, 4.69) is 5.32 Å². The molecule has 7 nitrogen and oxygen atoms in total. The van der Waals surface area contributed by atoms with Crippen LogP contribution < -0.4 is 5.32 Å². The Bertz CT molecular complexity index is 1130. The summed E-state index contributed by atoms with van der Waals surface area (Å²) in [6.07, 6.45) is 1.74. The van der Waals surface area contributed by atoms with E-state index in [1.165, 1.54) is 22.5 Å². The zero-order valence-electron chi connectivity index (χ0n) is 19.0. The highest BCUT2D eigenvalue weighted by Gasteiger charge is 2.31. The second kappa shape index (κ2) is 10.7. The van der Waals surface area contributed by atoms with Gasteiger partial charge in [-0.2, -0.15) is 4.31 Å². The number of rotatable bonds is 7. The smallest absolute Gasteiger partial charge is 0.338 e. The lowest BCUT2D eigenvalue weighted by Crippen LogP contribution is -2.39. The van der Waals surface area contributed by atoms with Crippen molar-refractivity contribution in [3.05, 3.63) is 58.6 Å². The van der Waals surface area contributed by atoms with Gasteiger partial charge in [0.1, 0.15) is 4.90 Å². The molecule has 2 aromatic rings. The third-order valence-electron chi connectivity index (χ3n) is 5.60. The summed E-state index contributed by atoms with van der Waals surface area (Å²) in [4.78, 5) is 24.7. The van der Waals surface area contributed by atoms with Gasteiger partial charge in [0, 0.05) is 18.8 Å². The number of esters is 1. The van der Waals surface area contributed by atoms with Gasteiger partial charge in [-0.1, -0.05) is 50.6 Å². The van der Waals surface area contributed by atoms with E-state index >= 15 is 0 Å². The maximum Gasteiger partial charge on any atom is 0.338 e. The number of para-hydroxylation sites is 1. The molecule has 3 rings (SSSR count). The summed E-state index contributed by atoms with van der Waals surface area (Å²) in [5.74, 6) is -0.829. The van der Waals surface area contributed by atoms with Gasteiger partial charge in [-0.15, -0.1) is 0 Å². The van der Waals surface area contributed by atoms with Gasteiger partial charge in [0.05, 0.1) is 10.6 Å². The molecule has 1 aliphatic rings. The predicted octanol–water partition coefficient (Wildman–Crippen LogP) is 4.68. The van der Waals surface area contributed by atoms with Gasteiger partial charge in [0.25, 0.3) is 5.91 Å². The number of nitrogens with one attached hydrogen (secondary N) is 1. The number of hydrogen-bond acceptors (Lipinski definition) is 5. The molecule has 1 unspecified atom stereocenters. The summed E-state index contributed by atoms with van der Waals surface area (Å²) in [6, 6.07) is 11.4. The van der Waals surface area contributed by atoms with E-state index in [0.29, 0.717) is 18.8 Å². The molecule has 1 saturated heterocycles. The average Bonchev–Trinajstić information content (AvgIpc) is 2.78. The fraction of sp³-hybridized carbons (Fsp3) is 0.417. The molecule has 1 N–H and O–H groups in total. The van der Waals surface area contributed by atoms with Crippen molar-refractivity contribution in [2.24, 2.45) is 5.92 Å². The standard InChI is InChI=1S/C24H29ClN2O5S/c1-16(2)19-8-4-5-9-21(19)26-23(28)15-32-24(29)18-10-11-20(25)22(13-18)33(30,31)27-12-6-7-17(3)14-27/h4-5,8-11,13,16-17H,6-7,12,14-15H2,1-3H3,(H,26,28). The van der Waals surface area contributed by atoms with E-state index in [9.17, 15) is 18.0 Å². The Morgan fingerprint density at radius 3 is 2.64 bits per heavy atom. The van der Waals surface area contributed by atoms with Crippen molar-refractivity contribution < 1.29 is 22.7 Å². The van der Waals surface area contributed by atoms with Crippen LogP contribution in [0.5, 0.6) is 0 Å². The van der Waals surface area contributed by atoms with E-state index < -0.39 is 28.5 Å². The van der Waals surface area contributed by atoms with Crippen LogP contribution in [0.3, 0.4) is 0 Å². The third kappa shape index (κ3) is 6.13. The van der Waals surface area contributed by atoms with Gasteiger partial charge in [-0.25, -0.2) is 13.2 Å². The van der Waals surface area contributed by atoms with Crippen LogP contribution in [0.4, 0.5) is 5.69 Å². The molecular weight excluding hydrogens is 464 g/mol. The molecule has 0 bridgehead atoms. The molecule has 0 saturated carbocycles. The van der Waals surface area contributed by atoms with E-state index in [1.807, 2.05) is 39.0 Å². The molecule has 178 valence electrons. The summed E-state index contributed by atoms with van der Waals surface area (Å²) in [5.41, 5.74) is 1.64. The van der Waals surface area contributed by atoms with Crippen molar-refractivity contribution in [3.63, 3.8) is 0 Å². The highest BCUT2D eigenvalue weighted by Crippen LogP contribution is 2.29. The lowest BCUT2D eigenvalue weighted by Gasteiger charge is -2.30. The van der Waals surface area contributed by atoms with Gasteiger partial charge >= 0.3 is 5.97 Å². The fourth-order valence-electron chi connectivity index (χ4n) is 3.85. The first-order valence-electron chi connectivity index (χ1n) is 10.9. The molecular formula is C24H29ClN2O5S. The molecule has 1 heterocycles. The molecule has 0 aliphatic carbocycles. The maximum atomic E-state index is 13.1. The zero-order valence-corrected chi connectivity index (χ0v) is 20.6. The molecule has 2 aromatic carbocycles. The van der Waals surface area contributed by atoms with Crippen LogP contribution in [0, 0.1) is 5.92 Å². The fourth-order valence-corrected chi connectivity index (χ4v) is 5.95. The number of benzene rings is 2. The highest BCUT2D eigenvalue weighted by atomic mass is 35.5. The monoisotopic (exact) mass is 492 g/mol. The summed E-state index contributed by atoms with van der Waals surface area (Å²) < 4.78 is 32.7. The largest absolute Gasteiger partial charge is 0.452 e. The summed E-state index contributed by atoms with van der Waals surface area (Å²) in [5, 5.41) is 2.79. The minimum atomic E-state index is -3.85. The number of sulfonamides is 1. The van der Waals surface area contributed by atoms with Crippen LogP contribution >= 0.6 is 11.6 Å². The lowest BCUT2D eigenvalue weighted by molar-refractivity contribution is -0.119. The number of halogens is 1. The molecule has 1 atom stereocenters. The second-order valence-corrected chi connectivity index (χ2v) is 10.9. The van der Waals surface area contributed by atoms with Gasteiger partial charge in [-0.3, -0.25) is 4.79 Å². The SMILES string of the molecule is CC1CCCN(S(=O)(=O)c2cc(C(=O)OCC(=O)Nc3ccccc3C(C)C)ccc2Cl)C1. The summed E-state index contributed by atoms with van der Waals surface area (Å²) in [7, 11) is -3.85. The van der Waals surface area contributed by atoms with Crippen molar-refractivity contribution in [2.45, 2.75) is 44.4 Å². The third-order valence-corrected chi connectivity index (χ3v) is 7.94. The number of hydrogen-bond donors (Lipinski definition) is 1. The molecule has 1 aliphatic heterocycles. The first-order valence-corrected chi connectivity index (χ1v) is 12.8. The Hall–Kier alpha value is -2.42. The molecule has 1 fully saturated rings. The van der Waals surface area contributed by atoms with Crippen molar-refractivity contribution in [1.29, 1.82) is 0 Å². The van der Waals surface area contributed by atoms with Crippen molar-refractivity contribution in [2.75, 3.05) is 25.0 Å². The Morgan fingerprint density at radius 1 is 1.21 bits per heavy atom. The van der Waals surface area contributed by atoms with Crippen LogP contribution in [-0.2, 0) is 19.6 Å². The van der Waals surface area contributed by atoms with Crippen LogP contribution in [0.15, 0.2) is 47.4 Å². The van der Waals surface area contributed by atoms with Gasteiger partial charge in [0.15, 0.2) is 6.61 Å². The van der Waals surface area contributed by atoms with Crippen molar-refractivity contribution in [3.8, 4) is 0 Å². The number of nitrogens with zero attached hydrogens (tertiary/aromatic N) is 1. The molecule has 9 heteroatoms. The Labute approximate surface area is 200 Å². The first kappa shape index (κ1) is 25.2. The van der Waals surface area contributed by atoms with Gasteiger partial charge in [0.2, 0.25) is 10.0 Å². The van der Waals surface area contributed by atoms with E-state index in [1.54, 1.807) is 6.07 Å². The normalized spacial score (nSPS) is 17.1. The topological polar surface area (TPSA) is 92.8 Å². The van der Waals surface area contributed by atoms with Crippen LogP contribution in [0.2, 0.25) is 5.02 Å². The molecule has 0 radical (unpaired) electrons. The Balaban J connectivity index is 1.69. The van der Waals surface area contributed by atoms with Gasteiger partial charge in [-0.05, 0) is 54.5 Å². The molecule has 0 aromatic heterocycles. The van der Waals surface area contributed by atoms with E-state index in [-0.39, 0.29) is 27.3 Å². The Morgan fingerprint density at radius 2 is 1.94 bits per heavy atom. The maximum absolute atomic E-state index is 13.1. The zero-order chi connectivity index (χ0) is 24.2. The van der Waals surface area contributed by atoms with E-state index in [0.717, 1.165) is 18.4 Å². The number of amides is 1. The first-order chi connectivity index (χ1) is 15.6. The second-order valence-electron chi connectivity index (χ2n) is 8.62. The van der Waals surface area contributed by atoms with Crippen LogP contribution in [0.25, 0.3) is 0 Å². The minimum Gasteiger partial charge on any atom is -0.452 e. The molecule has 33 heavy (non-hydrogen) atoms. The summed E-state index contributed by atoms with van der Waals surface area (Å²) >= 11 is 6.18. The number of ether oxygens (including phenoxy) is 1. The predicted molar refractivity (Wildman–Crippen MR) is 128 cm³/mol. The quantitative estimate of drug-likeness (QED) is 0.566. The number of anilines is 1. The van der Waals surface area contributed by atoms with E-state index in [4.69, 9.17) is 16.3 Å². The van der Waals surface area contributed by atoms with Crippen molar-refractivity contribution >= 4 is 39.2 Å². The lowest BCUT2D eigenvalue weighted by atomic mass is 10.0. The molecule has 0 spiro atoms. The van der Waals surface area contributed by atoms with Crippen molar-refractivity contribution in [1.82, 2.24) is 4.31 Å². The highest BCUT2D eigenvalue weighted by molar-refractivity contribution is 7.89. The number of carbonyl (C=O) groups is 2.